The van der Waals surface area contributed by atoms with Gasteiger partial charge in [-0.15, -0.1) is 0 Å². The zero-order valence-corrected chi connectivity index (χ0v) is 18.1. The average molecular weight is 448 g/mol. The highest BCUT2D eigenvalue weighted by atomic mass is 79.9. The summed E-state index contributed by atoms with van der Waals surface area (Å²) in [6, 6.07) is 11.7. The lowest BCUT2D eigenvalue weighted by molar-refractivity contribution is -0.126. The zero-order valence-electron chi connectivity index (χ0n) is 16.5. The molecule has 6 heteroatoms. The summed E-state index contributed by atoms with van der Waals surface area (Å²) in [5.74, 6) is 1.92. The Morgan fingerprint density at radius 2 is 1.54 bits per heavy atom. The highest BCUT2D eigenvalue weighted by Gasteiger charge is 2.42. The van der Waals surface area contributed by atoms with Gasteiger partial charge in [0, 0.05) is 22.6 Å². The van der Waals surface area contributed by atoms with Gasteiger partial charge in [0.2, 0.25) is 5.91 Å². The number of ether oxygens (including phenoxy) is 3. The summed E-state index contributed by atoms with van der Waals surface area (Å²) in [4.78, 5) is 13.3. The van der Waals surface area contributed by atoms with Crippen molar-refractivity contribution in [2.24, 2.45) is 0 Å². The van der Waals surface area contributed by atoms with Gasteiger partial charge in [0.1, 0.15) is 5.75 Å². The van der Waals surface area contributed by atoms with Crippen LogP contribution in [0.2, 0.25) is 0 Å². The van der Waals surface area contributed by atoms with Crippen LogP contribution >= 0.6 is 15.9 Å². The first-order valence-electron chi connectivity index (χ1n) is 9.37. The summed E-state index contributed by atoms with van der Waals surface area (Å²) in [5.41, 5.74) is 1.45. The Hall–Kier alpha value is -2.21. The number of halogens is 1. The number of hydrogen-bond donors (Lipinski definition) is 1. The van der Waals surface area contributed by atoms with E-state index in [-0.39, 0.29) is 5.91 Å². The van der Waals surface area contributed by atoms with Gasteiger partial charge in [-0.2, -0.15) is 0 Å². The van der Waals surface area contributed by atoms with E-state index < -0.39 is 5.41 Å². The number of hydrogen-bond acceptors (Lipinski definition) is 4. The molecule has 0 atom stereocenters. The molecule has 150 valence electrons. The highest BCUT2D eigenvalue weighted by Crippen LogP contribution is 2.42. The molecule has 0 radical (unpaired) electrons. The van der Waals surface area contributed by atoms with Crippen LogP contribution in [0.3, 0.4) is 0 Å². The largest absolute Gasteiger partial charge is 0.496 e. The third-order valence-electron chi connectivity index (χ3n) is 5.51. The molecule has 0 heterocycles. The van der Waals surface area contributed by atoms with Gasteiger partial charge < -0.3 is 19.5 Å². The Morgan fingerprint density at radius 1 is 0.964 bits per heavy atom. The molecule has 0 aromatic heterocycles. The molecule has 28 heavy (non-hydrogen) atoms. The molecular formula is C22H26BrNO4. The smallest absolute Gasteiger partial charge is 0.230 e. The van der Waals surface area contributed by atoms with Crippen molar-refractivity contribution in [3.63, 3.8) is 0 Å². The van der Waals surface area contributed by atoms with E-state index in [0.717, 1.165) is 41.3 Å². The van der Waals surface area contributed by atoms with Crippen LogP contribution in [0.5, 0.6) is 17.2 Å². The Kier molecular flexibility index (Phi) is 6.50. The molecule has 3 rings (SSSR count). The second-order valence-corrected chi connectivity index (χ2v) is 7.91. The number of rotatable bonds is 7. The van der Waals surface area contributed by atoms with Crippen LogP contribution in [0.15, 0.2) is 40.9 Å². The second-order valence-electron chi connectivity index (χ2n) is 7.00. The third kappa shape index (κ3) is 3.97. The molecule has 0 spiro atoms. The maximum atomic E-state index is 13.3. The molecule has 0 aliphatic heterocycles. The number of methoxy groups -OCH3 is 3. The number of carbonyl (C=O) groups is 1. The normalized spacial score (nSPS) is 15.1. The highest BCUT2D eigenvalue weighted by molar-refractivity contribution is 9.10. The molecule has 1 aliphatic carbocycles. The van der Waals surface area contributed by atoms with Gasteiger partial charge in [-0.25, -0.2) is 0 Å². The standard InChI is InChI=1S/C22H26BrNO4/c1-26-18-13-20(28-3)19(27-2)12-15(18)14-24-21(25)22(10-4-5-11-22)16-6-8-17(23)9-7-16/h6-9,12-13H,4-5,10-11,14H2,1-3H3,(H,24,25). The van der Waals surface area contributed by atoms with Gasteiger partial charge in [0.25, 0.3) is 0 Å². The van der Waals surface area contributed by atoms with E-state index in [1.807, 2.05) is 30.3 Å². The van der Waals surface area contributed by atoms with Crippen molar-refractivity contribution in [3.05, 3.63) is 52.0 Å². The fraction of sp³-hybridized carbons (Fsp3) is 0.409. The number of carbonyl (C=O) groups excluding carboxylic acids is 1. The van der Waals surface area contributed by atoms with E-state index in [4.69, 9.17) is 14.2 Å². The number of nitrogens with one attached hydrogen (secondary N) is 1. The van der Waals surface area contributed by atoms with E-state index in [1.54, 1.807) is 27.4 Å². The van der Waals surface area contributed by atoms with E-state index in [0.29, 0.717) is 23.8 Å². The van der Waals surface area contributed by atoms with Crippen molar-refractivity contribution in [2.45, 2.75) is 37.6 Å². The van der Waals surface area contributed by atoms with Gasteiger partial charge in [0.05, 0.1) is 26.7 Å². The molecule has 1 saturated carbocycles. The van der Waals surface area contributed by atoms with Gasteiger partial charge in [-0.05, 0) is 36.6 Å². The van der Waals surface area contributed by atoms with E-state index in [2.05, 4.69) is 21.2 Å². The number of benzene rings is 2. The number of amides is 1. The minimum Gasteiger partial charge on any atom is -0.496 e. The van der Waals surface area contributed by atoms with Crippen molar-refractivity contribution >= 4 is 21.8 Å². The maximum absolute atomic E-state index is 13.3. The minimum atomic E-state index is -0.468. The van der Waals surface area contributed by atoms with Crippen molar-refractivity contribution in [2.75, 3.05) is 21.3 Å². The molecular weight excluding hydrogens is 422 g/mol. The Bertz CT molecular complexity index is 829. The maximum Gasteiger partial charge on any atom is 0.230 e. The summed E-state index contributed by atoms with van der Waals surface area (Å²) in [7, 11) is 4.78. The Balaban J connectivity index is 1.83. The predicted octanol–water partition coefficient (Wildman–Crippen LogP) is 4.60. The minimum absolute atomic E-state index is 0.0594. The van der Waals surface area contributed by atoms with Crippen LogP contribution in [0.1, 0.15) is 36.8 Å². The van der Waals surface area contributed by atoms with Gasteiger partial charge in [-0.3, -0.25) is 4.79 Å². The summed E-state index contributed by atoms with van der Waals surface area (Å²) in [5, 5.41) is 3.13. The van der Waals surface area contributed by atoms with Crippen LogP contribution in [0.4, 0.5) is 0 Å². The van der Waals surface area contributed by atoms with Crippen LogP contribution < -0.4 is 19.5 Å². The molecule has 1 amide bonds. The first kappa shape index (κ1) is 20.5. The van der Waals surface area contributed by atoms with E-state index in [1.165, 1.54) is 0 Å². The predicted molar refractivity (Wildman–Crippen MR) is 112 cm³/mol. The van der Waals surface area contributed by atoms with Crippen LogP contribution in [-0.2, 0) is 16.8 Å². The van der Waals surface area contributed by atoms with Gasteiger partial charge in [-0.1, -0.05) is 40.9 Å². The first-order valence-corrected chi connectivity index (χ1v) is 10.2. The molecule has 2 aromatic carbocycles. The molecule has 0 saturated heterocycles. The van der Waals surface area contributed by atoms with Crippen LogP contribution in [-0.4, -0.2) is 27.2 Å². The Morgan fingerprint density at radius 3 is 2.11 bits per heavy atom. The van der Waals surface area contributed by atoms with Crippen molar-refractivity contribution in [1.29, 1.82) is 0 Å². The topological polar surface area (TPSA) is 56.8 Å². The SMILES string of the molecule is COc1cc(OC)c(OC)cc1CNC(=O)C1(c2ccc(Br)cc2)CCCC1. The monoisotopic (exact) mass is 447 g/mol. The van der Waals surface area contributed by atoms with Gasteiger partial charge >= 0.3 is 0 Å². The van der Waals surface area contributed by atoms with Gasteiger partial charge in [0.15, 0.2) is 11.5 Å². The zero-order chi connectivity index (χ0) is 20.1. The van der Waals surface area contributed by atoms with Crippen molar-refractivity contribution in [1.82, 2.24) is 5.32 Å². The summed E-state index contributed by atoms with van der Waals surface area (Å²) >= 11 is 3.47. The third-order valence-corrected chi connectivity index (χ3v) is 6.04. The lowest BCUT2D eigenvalue weighted by Crippen LogP contribution is -2.42. The molecule has 0 unspecified atom stereocenters. The molecule has 1 fully saturated rings. The lowest BCUT2D eigenvalue weighted by Gasteiger charge is -2.28. The average Bonchev–Trinajstić information content (AvgIpc) is 3.23. The molecule has 1 aliphatic rings. The molecule has 0 bridgehead atoms. The molecule has 5 nitrogen and oxygen atoms in total. The van der Waals surface area contributed by atoms with Crippen molar-refractivity contribution < 1.29 is 19.0 Å². The van der Waals surface area contributed by atoms with Crippen molar-refractivity contribution in [3.8, 4) is 17.2 Å². The Labute approximate surface area is 174 Å². The summed E-state index contributed by atoms with van der Waals surface area (Å²) in [6.45, 7) is 0.362. The van der Waals surface area contributed by atoms with Crippen LogP contribution in [0.25, 0.3) is 0 Å². The first-order chi connectivity index (χ1) is 13.5. The summed E-state index contributed by atoms with van der Waals surface area (Å²) in [6.07, 6.45) is 3.85. The second kappa shape index (κ2) is 8.86. The summed E-state index contributed by atoms with van der Waals surface area (Å²) < 4.78 is 17.2. The van der Waals surface area contributed by atoms with Crippen LogP contribution in [0, 0.1) is 0 Å². The molecule has 1 N–H and O–H groups in total. The van der Waals surface area contributed by atoms with E-state index >= 15 is 0 Å². The lowest BCUT2D eigenvalue weighted by atomic mass is 9.78. The quantitative estimate of drug-likeness (QED) is 0.673. The molecule has 2 aromatic rings. The fourth-order valence-electron chi connectivity index (χ4n) is 3.97. The fourth-order valence-corrected chi connectivity index (χ4v) is 4.23. The van der Waals surface area contributed by atoms with E-state index in [9.17, 15) is 4.79 Å².